The number of ether oxygens (including phenoxy) is 1. The van der Waals surface area contributed by atoms with Crippen LogP contribution in [0.4, 0.5) is 0 Å². The maximum Gasteiger partial charge on any atom is 0.305 e. The van der Waals surface area contributed by atoms with Crippen LogP contribution in [0.2, 0.25) is 0 Å². The van der Waals surface area contributed by atoms with Crippen molar-refractivity contribution in [2.45, 2.75) is 46.5 Å². The molecule has 0 unspecified atom stereocenters. The molecule has 0 saturated heterocycles. The van der Waals surface area contributed by atoms with Gasteiger partial charge in [0, 0.05) is 6.42 Å². The average Bonchev–Trinajstić information content (AvgIpc) is 2.11. The third-order valence-electron chi connectivity index (χ3n) is 1.83. The van der Waals surface area contributed by atoms with Crippen molar-refractivity contribution in [3.05, 3.63) is 12.2 Å². The molecule has 0 aromatic carbocycles. The number of rotatable bonds is 7. The van der Waals surface area contributed by atoms with Gasteiger partial charge in [-0.2, -0.15) is 0 Å². The van der Waals surface area contributed by atoms with Crippen LogP contribution < -0.4 is 0 Å². The summed E-state index contributed by atoms with van der Waals surface area (Å²) < 4.78 is 4.83. The molecule has 0 saturated carbocycles. The molecule has 0 aromatic heterocycles. The molecule has 2 nitrogen and oxygen atoms in total. The first-order chi connectivity index (χ1) is 6.66. The molecule has 0 aliphatic carbocycles. The van der Waals surface area contributed by atoms with E-state index in [-0.39, 0.29) is 5.97 Å². The van der Waals surface area contributed by atoms with Crippen molar-refractivity contribution < 1.29 is 9.53 Å². The lowest BCUT2D eigenvalue weighted by atomic mass is 10.1. The van der Waals surface area contributed by atoms with Crippen LogP contribution in [0.1, 0.15) is 46.5 Å². The topological polar surface area (TPSA) is 26.3 Å². The lowest BCUT2D eigenvalue weighted by Crippen LogP contribution is -2.02. The normalized spacial score (nSPS) is 11.1. The Labute approximate surface area is 87.3 Å². The molecule has 0 N–H and O–H groups in total. The van der Waals surface area contributed by atoms with E-state index >= 15 is 0 Å². The number of carbonyl (C=O) groups is 1. The highest BCUT2D eigenvalue weighted by molar-refractivity contribution is 5.69. The molecule has 0 atom stereocenters. The van der Waals surface area contributed by atoms with Gasteiger partial charge < -0.3 is 4.74 Å². The highest BCUT2D eigenvalue weighted by atomic mass is 16.5. The summed E-state index contributed by atoms with van der Waals surface area (Å²) in [5, 5.41) is 0. The van der Waals surface area contributed by atoms with Crippen LogP contribution in [0.15, 0.2) is 12.2 Å². The van der Waals surface area contributed by atoms with Crippen molar-refractivity contribution in [3.8, 4) is 0 Å². The molecule has 0 fully saturated rings. The number of esters is 1. The lowest BCUT2D eigenvalue weighted by molar-refractivity contribution is -0.143. The van der Waals surface area contributed by atoms with Crippen molar-refractivity contribution in [2.24, 2.45) is 5.92 Å². The Bertz CT molecular complexity index is 171. The fourth-order valence-corrected chi connectivity index (χ4v) is 1.13. The first-order valence-corrected chi connectivity index (χ1v) is 5.49. The summed E-state index contributed by atoms with van der Waals surface area (Å²) in [7, 11) is 0. The van der Waals surface area contributed by atoms with E-state index in [1.807, 2.05) is 6.92 Å². The second kappa shape index (κ2) is 8.79. The van der Waals surface area contributed by atoms with E-state index in [0.717, 1.165) is 19.3 Å². The summed E-state index contributed by atoms with van der Waals surface area (Å²) in [6, 6.07) is 0. The summed E-state index contributed by atoms with van der Waals surface area (Å²) in [6.45, 7) is 6.65. The minimum atomic E-state index is -0.0691. The Morgan fingerprint density at radius 2 is 2.07 bits per heavy atom. The van der Waals surface area contributed by atoms with Gasteiger partial charge in [0.2, 0.25) is 0 Å². The quantitative estimate of drug-likeness (QED) is 0.356. The van der Waals surface area contributed by atoms with E-state index < -0.39 is 0 Å². The summed E-state index contributed by atoms with van der Waals surface area (Å²) >= 11 is 0. The predicted octanol–water partition coefficient (Wildman–Crippen LogP) is 3.32. The molecule has 0 aliphatic heterocycles. The summed E-state index contributed by atoms with van der Waals surface area (Å²) in [5.74, 6) is 0.556. The Morgan fingerprint density at radius 3 is 2.64 bits per heavy atom. The number of hydrogen-bond acceptors (Lipinski definition) is 2. The standard InChI is InChI=1S/C12H22O2/c1-4-14-12(13)10-8-6-5-7-9-11(2)3/h7,9,11H,4-6,8,10H2,1-3H3. The zero-order chi connectivity index (χ0) is 10.8. The zero-order valence-corrected chi connectivity index (χ0v) is 9.58. The van der Waals surface area contributed by atoms with E-state index in [1.54, 1.807) is 0 Å². The van der Waals surface area contributed by atoms with Gasteiger partial charge in [-0.1, -0.05) is 26.0 Å². The van der Waals surface area contributed by atoms with Crippen molar-refractivity contribution >= 4 is 5.97 Å². The van der Waals surface area contributed by atoms with Gasteiger partial charge in [0.05, 0.1) is 6.61 Å². The second-order valence-corrected chi connectivity index (χ2v) is 3.72. The monoisotopic (exact) mass is 198 g/mol. The van der Waals surface area contributed by atoms with Gasteiger partial charge in [0.25, 0.3) is 0 Å². The molecule has 0 radical (unpaired) electrons. The van der Waals surface area contributed by atoms with Gasteiger partial charge >= 0.3 is 5.97 Å². The van der Waals surface area contributed by atoms with Crippen LogP contribution in [-0.4, -0.2) is 12.6 Å². The molecule has 0 aliphatic rings. The third kappa shape index (κ3) is 9.30. The fraction of sp³-hybridized carbons (Fsp3) is 0.750. The zero-order valence-electron chi connectivity index (χ0n) is 9.58. The van der Waals surface area contributed by atoms with E-state index in [0.29, 0.717) is 18.9 Å². The fourth-order valence-electron chi connectivity index (χ4n) is 1.13. The number of unbranched alkanes of at least 4 members (excludes halogenated alkanes) is 2. The Hall–Kier alpha value is -0.790. The molecule has 0 bridgehead atoms. The summed E-state index contributed by atoms with van der Waals surface area (Å²) in [6.07, 6.45) is 8.02. The average molecular weight is 198 g/mol. The first kappa shape index (κ1) is 13.2. The van der Waals surface area contributed by atoms with Crippen molar-refractivity contribution in [3.63, 3.8) is 0 Å². The van der Waals surface area contributed by atoms with Crippen LogP contribution >= 0.6 is 0 Å². The van der Waals surface area contributed by atoms with Crippen LogP contribution in [-0.2, 0) is 9.53 Å². The Balaban J connectivity index is 3.25. The summed E-state index contributed by atoms with van der Waals surface area (Å²) in [4.78, 5) is 10.9. The SMILES string of the molecule is CCOC(=O)CCCCC=CC(C)C. The molecule has 82 valence electrons. The summed E-state index contributed by atoms with van der Waals surface area (Å²) in [5.41, 5.74) is 0. The second-order valence-electron chi connectivity index (χ2n) is 3.72. The van der Waals surface area contributed by atoms with Gasteiger partial charge in [0.1, 0.15) is 0 Å². The lowest BCUT2D eigenvalue weighted by Gasteiger charge is -2.00. The molecular weight excluding hydrogens is 176 g/mol. The first-order valence-electron chi connectivity index (χ1n) is 5.49. The maximum atomic E-state index is 10.9. The molecule has 14 heavy (non-hydrogen) atoms. The van der Waals surface area contributed by atoms with Crippen molar-refractivity contribution in [2.75, 3.05) is 6.61 Å². The Kier molecular flexibility index (Phi) is 8.30. The predicted molar refractivity (Wildman–Crippen MR) is 59.1 cm³/mol. The molecule has 0 heterocycles. The minimum absolute atomic E-state index is 0.0691. The number of carbonyl (C=O) groups excluding carboxylic acids is 1. The highest BCUT2D eigenvalue weighted by Gasteiger charge is 1.99. The molecule has 2 heteroatoms. The third-order valence-corrected chi connectivity index (χ3v) is 1.83. The maximum absolute atomic E-state index is 10.9. The number of allylic oxidation sites excluding steroid dienone is 2. The van der Waals surface area contributed by atoms with Crippen LogP contribution in [0.25, 0.3) is 0 Å². The van der Waals surface area contributed by atoms with E-state index in [9.17, 15) is 4.79 Å². The van der Waals surface area contributed by atoms with Crippen LogP contribution in [0.5, 0.6) is 0 Å². The van der Waals surface area contributed by atoms with Gasteiger partial charge in [-0.05, 0) is 32.1 Å². The number of hydrogen-bond donors (Lipinski definition) is 0. The molecular formula is C12H22O2. The largest absolute Gasteiger partial charge is 0.466 e. The smallest absolute Gasteiger partial charge is 0.305 e. The van der Waals surface area contributed by atoms with E-state index in [1.165, 1.54) is 0 Å². The van der Waals surface area contributed by atoms with E-state index in [4.69, 9.17) is 4.74 Å². The van der Waals surface area contributed by atoms with Crippen LogP contribution in [0.3, 0.4) is 0 Å². The van der Waals surface area contributed by atoms with Crippen molar-refractivity contribution in [1.82, 2.24) is 0 Å². The van der Waals surface area contributed by atoms with Gasteiger partial charge in [-0.3, -0.25) is 4.79 Å². The minimum Gasteiger partial charge on any atom is -0.466 e. The van der Waals surface area contributed by atoms with E-state index in [2.05, 4.69) is 26.0 Å². The van der Waals surface area contributed by atoms with Gasteiger partial charge in [0.15, 0.2) is 0 Å². The molecule has 0 rings (SSSR count). The van der Waals surface area contributed by atoms with Crippen molar-refractivity contribution in [1.29, 1.82) is 0 Å². The van der Waals surface area contributed by atoms with Gasteiger partial charge in [-0.25, -0.2) is 0 Å². The van der Waals surface area contributed by atoms with Gasteiger partial charge in [-0.15, -0.1) is 0 Å². The molecule has 0 aromatic rings. The molecule has 0 amide bonds. The Morgan fingerprint density at radius 1 is 1.36 bits per heavy atom. The molecule has 0 spiro atoms. The van der Waals surface area contributed by atoms with Crippen LogP contribution in [0, 0.1) is 5.92 Å². The highest BCUT2D eigenvalue weighted by Crippen LogP contribution is 2.03.